The van der Waals surface area contributed by atoms with Crippen LogP contribution >= 0.6 is 0 Å². The van der Waals surface area contributed by atoms with E-state index in [1.54, 1.807) is 0 Å². The zero-order chi connectivity index (χ0) is 11.5. The van der Waals surface area contributed by atoms with Crippen LogP contribution in [0.5, 0.6) is 0 Å². The normalized spacial score (nSPS) is 11.8. The predicted molar refractivity (Wildman–Crippen MR) is 66.0 cm³/mol. The fourth-order valence-electron chi connectivity index (χ4n) is 2.05. The minimum Gasteiger partial charge on any atom is -0.318 e. The summed E-state index contributed by atoms with van der Waals surface area (Å²) in [6.07, 6.45) is 0. The van der Waals surface area contributed by atoms with E-state index in [1.807, 2.05) is 0 Å². The molecule has 0 radical (unpaired) electrons. The number of rotatable bonds is 4. The second-order valence-electron chi connectivity index (χ2n) is 4.83. The van der Waals surface area contributed by atoms with Gasteiger partial charge in [0.2, 0.25) is 0 Å². The van der Waals surface area contributed by atoms with Crippen molar-refractivity contribution in [1.29, 1.82) is 0 Å². The van der Waals surface area contributed by atoms with E-state index in [1.165, 1.54) is 16.7 Å². The lowest BCUT2D eigenvalue weighted by Gasteiger charge is -2.27. The van der Waals surface area contributed by atoms with Crippen LogP contribution in [0.3, 0.4) is 0 Å². The first-order chi connectivity index (χ1) is 6.97. The molecular formula is C13H22N2. The molecule has 0 unspecified atom stereocenters. The molecule has 0 fully saturated rings. The van der Waals surface area contributed by atoms with Crippen LogP contribution in [0.2, 0.25) is 0 Å². The number of nitrogens with one attached hydrogen (secondary N) is 1. The Morgan fingerprint density at radius 1 is 1.27 bits per heavy atom. The highest BCUT2D eigenvalue weighted by atomic mass is 15.0. The monoisotopic (exact) mass is 206 g/mol. The minimum absolute atomic E-state index is 0.136. The van der Waals surface area contributed by atoms with E-state index in [0.29, 0.717) is 6.67 Å². The third-order valence-electron chi connectivity index (χ3n) is 2.82. The Balaban J connectivity index is 2.93. The SMILES string of the molecule is Cc1ccc(C(C)(C)CNCN)c(C)c1. The maximum absolute atomic E-state index is 5.46. The van der Waals surface area contributed by atoms with Gasteiger partial charge in [0.1, 0.15) is 0 Å². The van der Waals surface area contributed by atoms with Crippen LogP contribution < -0.4 is 11.1 Å². The molecule has 0 heterocycles. The van der Waals surface area contributed by atoms with Gasteiger partial charge in [-0.25, -0.2) is 0 Å². The summed E-state index contributed by atoms with van der Waals surface area (Å²) >= 11 is 0. The van der Waals surface area contributed by atoms with E-state index in [2.05, 4.69) is 51.2 Å². The highest BCUT2D eigenvalue weighted by Crippen LogP contribution is 2.26. The van der Waals surface area contributed by atoms with Crippen molar-refractivity contribution in [1.82, 2.24) is 5.32 Å². The first-order valence-corrected chi connectivity index (χ1v) is 5.46. The summed E-state index contributed by atoms with van der Waals surface area (Å²) in [5.74, 6) is 0. The molecule has 0 aromatic heterocycles. The van der Waals surface area contributed by atoms with Crippen molar-refractivity contribution in [2.75, 3.05) is 13.2 Å². The van der Waals surface area contributed by atoms with Gasteiger partial charge in [-0.3, -0.25) is 0 Å². The number of benzene rings is 1. The van der Waals surface area contributed by atoms with Crippen LogP contribution in [0.15, 0.2) is 18.2 Å². The number of hydrogen-bond acceptors (Lipinski definition) is 2. The van der Waals surface area contributed by atoms with Crippen molar-refractivity contribution in [3.8, 4) is 0 Å². The topological polar surface area (TPSA) is 38.0 Å². The Labute approximate surface area is 92.9 Å². The number of hydrogen-bond donors (Lipinski definition) is 2. The van der Waals surface area contributed by atoms with Gasteiger partial charge in [-0.05, 0) is 25.0 Å². The van der Waals surface area contributed by atoms with Gasteiger partial charge in [0.05, 0.1) is 0 Å². The third kappa shape index (κ3) is 3.05. The van der Waals surface area contributed by atoms with Crippen molar-refractivity contribution >= 4 is 0 Å². The molecule has 0 aliphatic rings. The lowest BCUT2D eigenvalue weighted by atomic mass is 9.81. The van der Waals surface area contributed by atoms with Crippen LogP contribution in [0.25, 0.3) is 0 Å². The molecule has 0 saturated heterocycles. The maximum Gasteiger partial charge on any atom is 0.0429 e. The summed E-state index contributed by atoms with van der Waals surface area (Å²) in [5.41, 5.74) is 9.68. The largest absolute Gasteiger partial charge is 0.318 e. The minimum atomic E-state index is 0.136. The van der Waals surface area contributed by atoms with Crippen LogP contribution in [-0.2, 0) is 5.41 Å². The van der Waals surface area contributed by atoms with E-state index in [9.17, 15) is 0 Å². The second kappa shape index (κ2) is 4.77. The molecule has 1 rings (SSSR count). The zero-order valence-corrected chi connectivity index (χ0v) is 10.2. The molecule has 0 spiro atoms. The zero-order valence-electron chi connectivity index (χ0n) is 10.2. The van der Waals surface area contributed by atoms with E-state index in [4.69, 9.17) is 5.73 Å². The van der Waals surface area contributed by atoms with Crippen molar-refractivity contribution in [2.24, 2.45) is 5.73 Å². The van der Waals surface area contributed by atoms with Gasteiger partial charge in [0.15, 0.2) is 0 Å². The summed E-state index contributed by atoms with van der Waals surface area (Å²) in [5, 5.41) is 3.21. The summed E-state index contributed by atoms with van der Waals surface area (Å²) < 4.78 is 0. The van der Waals surface area contributed by atoms with Crippen LogP contribution in [0, 0.1) is 13.8 Å². The smallest absolute Gasteiger partial charge is 0.0429 e. The van der Waals surface area contributed by atoms with Gasteiger partial charge in [-0.1, -0.05) is 37.6 Å². The molecule has 0 aliphatic carbocycles. The van der Waals surface area contributed by atoms with Gasteiger partial charge < -0.3 is 11.1 Å². The Bertz CT molecular complexity index is 329. The van der Waals surface area contributed by atoms with Gasteiger partial charge in [-0.2, -0.15) is 0 Å². The summed E-state index contributed by atoms with van der Waals surface area (Å²) in [7, 11) is 0. The fraction of sp³-hybridized carbons (Fsp3) is 0.538. The molecule has 0 saturated carbocycles. The average Bonchev–Trinajstić information content (AvgIpc) is 2.14. The molecule has 2 heteroatoms. The Kier molecular flexibility index (Phi) is 3.89. The molecule has 3 N–H and O–H groups in total. The van der Waals surface area contributed by atoms with Gasteiger partial charge >= 0.3 is 0 Å². The highest BCUT2D eigenvalue weighted by Gasteiger charge is 2.21. The van der Waals surface area contributed by atoms with E-state index in [-0.39, 0.29) is 5.41 Å². The third-order valence-corrected chi connectivity index (χ3v) is 2.82. The van der Waals surface area contributed by atoms with Gasteiger partial charge in [0.25, 0.3) is 0 Å². The summed E-state index contributed by atoms with van der Waals surface area (Å²) in [6, 6.07) is 6.63. The molecule has 0 amide bonds. The molecule has 1 aromatic carbocycles. The fourth-order valence-corrected chi connectivity index (χ4v) is 2.05. The standard InChI is InChI=1S/C13H22N2/c1-10-5-6-12(11(2)7-10)13(3,4)8-15-9-14/h5-7,15H,8-9,14H2,1-4H3. The second-order valence-corrected chi connectivity index (χ2v) is 4.83. The van der Waals surface area contributed by atoms with E-state index in [0.717, 1.165) is 6.54 Å². The molecule has 0 atom stereocenters. The highest BCUT2D eigenvalue weighted by molar-refractivity contribution is 5.35. The van der Waals surface area contributed by atoms with Gasteiger partial charge in [-0.15, -0.1) is 0 Å². The quantitative estimate of drug-likeness (QED) is 0.740. The van der Waals surface area contributed by atoms with Gasteiger partial charge in [0, 0.05) is 18.6 Å². The number of aryl methyl sites for hydroxylation is 2. The first-order valence-electron chi connectivity index (χ1n) is 5.46. The Hall–Kier alpha value is -0.860. The molecule has 0 bridgehead atoms. The molecular weight excluding hydrogens is 184 g/mol. The summed E-state index contributed by atoms with van der Waals surface area (Å²) in [6.45, 7) is 10.2. The van der Waals surface area contributed by atoms with Crippen LogP contribution in [0.4, 0.5) is 0 Å². The van der Waals surface area contributed by atoms with Crippen molar-refractivity contribution in [2.45, 2.75) is 33.1 Å². The molecule has 15 heavy (non-hydrogen) atoms. The Morgan fingerprint density at radius 2 is 1.93 bits per heavy atom. The van der Waals surface area contributed by atoms with E-state index >= 15 is 0 Å². The summed E-state index contributed by atoms with van der Waals surface area (Å²) in [4.78, 5) is 0. The molecule has 2 nitrogen and oxygen atoms in total. The Morgan fingerprint density at radius 3 is 2.47 bits per heavy atom. The van der Waals surface area contributed by atoms with Crippen molar-refractivity contribution < 1.29 is 0 Å². The van der Waals surface area contributed by atoms with Crippen molar-refractivity contribution in [3.05, 3.63) is 34.9 Å². The average molecular weight is 206 g/mol. The molecule has 0 aliphatic heterocycles. The lowest BCUT2D eigenvalue weighted by Crippen LogP contribution is -2.36. The number of nitrogens with two attached hydrogens (primary N) is 1. The predicted octanol–water partition coefficient (Wildman–Crippen LogP) is 2.09. The van der Waals surface area contributed by atoms with E-state index < -0.39 is 0 Å². The van der Waals surface area contributed by atoms with Crippen LogP contribution in [-0.4, -0.2) is 13.2 Å². The maximum atomic E-state index is 5.46. The lowest BCUT2D eigenvalue weighted by molar-refractivity contribution is 0.472. The van der Waals surface area contributed by atoms with Crippen LogP contribution in [0.1, 0.15) is 30.5 Å². The van der Waals surface area contributed by atoms with Crippen molar-refractivity contribution in [3.63, 3.8) is 0 Å². The molecule has 84 valence electrons. The molecule has 1 aromatic rings. The first kappa shape index (κ1) is 12.2.